The number of rotatable bonds is 6. The van der Waals surface area contributed by atoms with Crippen LogP contribution in [-0.4, -0.2) is 29.1 Å². The van der Waals surface area contributed by atoms with E-state index < -0.39 is 6.10 Å². The quantitative estimate of drug-likeness (QED) is 0.560. The molecular formula is C29H44N2O3. The van der Waals surface area contributed by atoms with Crippen LogP contribution in [-0.2, 0) is 16.1 Å². The third kappa shape index (κ3) is 5.35. The first kappa shape index (κ1) is 25.2. The molecule has 3 saturated carbocycles. The molecule has 3 aliphatic rings. The Balaban J connectivity index is 1.39. The Bertz CT molecular complexity index is 837. The van der Waals surface area contributed by atoms with Crippen LogP contribution in [0.5, 0.6) is 0 Å². The van der Waals surface area contributed by atoms with Gasteiger partial charge in [-0.3, -0.25) is 9.59 Å². The molecule has 0 radical (unpaired) electrons. The molecule has 1 aromatic carbocycles. The molecule has 7 atom stereocenters. The fourth-order valence-electron chi connectivity index (χ4n) is 7.30. The molecule has 0 bridgehead atoms. The number of aliphatic hydroxyl groups excluding tert-OH is 1. The largest absolute Gasteiger partial charge is 0.392 e. The second kappa shape index (κ2) is 10.8. The highest BCUT2D eigenvalue weighted by Gasteiger charge is 2.54. The van der Waals surface area contributed by atoms with Gasteiger partial charge in [0.15, 0.2) is 0 Å². The molecular weight excluding hydrogens is 424 g/mol. The molecule has 5 heteroatoms. The minimum absolute atomic E-state index is 0.0159. The van der Waals surface area contributed by atoms with Crippen LogP contribution in [0.2, 0.25) is 0 Å². The lowest BCUT2D eigenvalue weighted by Gasteiger charge is -2.56. The normalized spacial score (nSPS) is 35.1. The zero-order valence-electron chi connectivity index (χ0n) is 21.3. The highest BCUT2D eigenvalue weighted by Crippen LogP contribution is 2.55. The van der Waals surface area contributed by atoms with Crippen molar-refractivity contribution in [2.75, 3.05) is 0 Å². The Morgan fingerprint density at radius 1 is 1.06 bits per heavy atom. The monoisotopic (exact) mass is 468 g/mol. The number of hydrogen-bond donors (Lipinski definition) is 3. The van der Waals surface area contributed by atoms with Gasteiger partial charge in [-0.15, -0.1) is 0 Å². The maximum absolute atomic E-state index is 13.0. The van der Waals surface area contributed by atoms with Gasteiger partial charge in [0.05, 0.1) is 6.10 Å². The van der Waals surface area contributed by atoms with Crippen LogP contribution in [0.3, 0.4) is 0 Å². The number of fused-ring (bicyclic) bond motifs is 1. The lowest BCUT2D eigenvalue weighted by molar-refractivity contribution is -0.144. The van der Waals surface area contributed by atoms with Gasteiger partial charge in [-0.2, -0.15) is 0 Å². The first-order chi connectivity index (χ1) is 16.3. The second-order valence-electron chi connectivity index (χ2n) is 11.7. The number of nitrogens with one attached hydrogen (secondary N) is 2. The summed E-state index contributed by atoms with van der Waals surface area (Å²) in [7, 11) is 0. The first-order valence-electron chi connectivity index (χ1n) is 13.6. The van der Waals surface area contributed by atoms with Crippen LogP contribution >= 0.6 is 0 Å². The summed E-state index contributed by atoms with van der Waals surface area (Å²) < 4.78 is 0. The van der Waals surface area contributed by atoms with E-state index in [0.29, 0.717) is 6.54 Å². The van der Waals surface area contributed by atoms with Crippen molar-refractivity contribution >= 4 is 11.8 Å². The van der Waals surface area contributed by atoms with Gasteiger partial charge in [0.2, 0.25) is 11.8 Å². The van der Waals surface area contributed by atoms with Crippen LogP contribution < -0.4 is 10.6 Å². The van der Waals surface area contributed by atoms with Crippen molar-refractivity contribution < 1.29 is 14.7 Å². The van der Waals surface area contributed by atoms with Gasteiger partial charge < -0.3 is 15.7 Å². The fraction of sp³-hybridized carbons (Fsp3) is 0.724. The van der Waals surface area contributed by atoms with Crippen LogP contribution in [0.1, 0.15) is 84.1 Å². The van der Waals surface area contributed by atoms with Crippen LogP contribution in [0.15, 0.2) is 30.3 Å². The number of carbonyl (C=O) groups is 2. The number of benzene rings is 1. The summed E-state index contributed by atoms with van der Waals surface area (Å²) in [4.78, 5) is 25.9. The second-order valence-corrected chi connectivity index (χ2v) is 11.7. The number of carbonyl (C=O) groups excluding carboxylic acids is 2. The van der Waals surface area contributed by atoms with Gasteiger partial charge in [-0.1, -0.05) is 70.4 Å². The minimum Gasteiger partial charge on any atom is -0.392 e. The highest BCUT2D eigenvalue weighted by atomic mass is 16.3. The molecule has 4 rings (SSSR count). The van der Waals surface area contributed by atoms with Crippen molar-refractivity contribution in [2.24, 2.45) is 35.0 Å². The molecule has 3 N–H and O–H groups in total. The zero-order chi connectivity index (χ0) is 24.3. The summed E-state index contributed by atoms with van der Waals surface area (Å²) in [5.41, 5.74) is 1.15. The summed E-state index contributed by atoms with van der Waals surface area (Å²) in [6.45, 7) is 7.00. The summed E-state index contributed by atoms with van der Waals surface area (Å²) in [6.07, 6.45) is 8.96. The minimum atomic E-state index is -0.527. The predicted molar refractivity (Wildman–Crippen MR) is 135 cm³/mol. The number of hydrogen-bond acceptors (Lipinski definition) is 3. The molecule has 3 aliphatic carbocycles. The number of aliphatic hydroxyl groups is 1. The third-order valence-corrected chi connectivity index (χ3v) is 9.56. The summed E-state index contributed by atoms with van der Waals surface area (Å²) >= 11 is 0. The maximum Gasteiger partial charge on any atom is 0.223 e. The van der Waals surface area contributed by atoms with Gasteiger partial charge in [0.1, 0.15) is 0 Å². The number of amides is 2. The van der Waals surface area contributed by atoms with Crippen molar-refractivity contribution in [1.82, 2.24) is 10.6 Å². The van der Waals surface area contributed by atoms with Crippen molar-refractivity contribution in [2.45, 2.75) is 97.2 Å². The van der Waals surface area contributed by atoms with E-state index in [2.05, 4.69) is 24.5 Å². The summed E-state index contributed by atoms with van der Waals surface area (Å²) in [5, 5.41) is 18.1. The average molecular weight is 469 g/mol. The SMILES string of the molecule is C[C@H]1[C@@H]2[C@@H](O)C([C@H](C)C(=O)NCc3ccccc3)CC[C@@]2(C)CC[C@@H]1NC(=O)C1CCCCC1. The molecule has 0 aromatic heterocycles. The van der Waals surface area contributed by atoms with E-state index in [1.807, 2.05) is 37.3 Å². The van der Waals surface area contributed by atoms with Crippen molar-refractivity contribution in [1.29, 1.82) is 0 Å². The lowest BCUT2D eigenvalue weighted by atomic mass is 9.51. The van der Waals surface area contributed by atoms with Crippen LogP contribution in [0, 0.1) is 35.0 Å². The van der Waals surface area contributed by atoms with Crippen LogP contribution in [0.25, 0.3) is 0 Å². The zero-order valence-corrected chi connectivity index (χ0v) is 21.3. The van der Waals surface area contributed by atoms with Gasteiger partial charge in [-0.05, 0) is 67.3 Å². The summed E-state index contributed by atoms with van der Waals surface area (Å²) in [5.74, 6) is 0.394. The van der Waals surface area contributed by atoms with Crippen LogP contribution in [0.4, 0.5) is 0 Å². The smallest absolute Gasteiger partial charge is 0.223 e. The molecule has 34 heavy (non-hydrogen) atoms. The summed E-state index contributed by atoms with van der Waals surface area (Å²) in [6, 6.07) is 10.1. The van der Waals surface area contributed by atoms with Crippen molar-refractivity contribution in [3.8, 4) is 0 Å². The lowest BCUT2D eigenvalue weighted by Crippen LogP contribution is -2.59. The molecule has 3 fully saturated rings. The molecule has 0 heterocycles. The topological polar surface area (TPSA) is 78.4 Å². The Hall–Kier alpha value is -1.88. The average Bonchev–Trinajstić information content (AvgIpc) is 2.85. The standard InChI is InChI=1S/C29H44N2O3/c1-19(27(33)30-18-21-10-6-4-7-11-21)23-14-16-29(3)17-15-24(20(2)25(29)26(23)32)31-28(34)22-12-8-5-9-13-22/h4,6-7,10-11,19-20,22-26,32H,5,8-9,12-18H2,1-3H3,(H,30,33)(H,31,34)/t19-,20+,23?,24-,25+,26-,29-/m0/s1. The molecule has 5 nitrogen and oxygen atoms in total. The van der Waals surface area contributed by atoms with Gasteiger partial charge >= 0.3 is 0 Å². The maximum atomic E-state index is 13.0. The van der Waals surface area contributed by atoms with Gasteiger partial charge in [0.25, 0.3) is 0 Å². The van der Waals surface area contributed by atoms with E-state index in [9.17, 15) is 14.7 Å². The van der Waals surface area contributed by atoms with E-state index in [1.165, 1.54) is 6.42 Å². The highest BCUT2D eigenvalue weighted by molar-refractivity contribution is 5.79. The van der Waals surface area contributed by atoms with Gasteiger partial charge in [0, 0.05) is 24.4 Å². The molecule has 0 spiro atoms. The van der Waals surface area contributed by atoms with E-state index in [0.717, 1.165) is 56.9 Å². The Morgan fingerprint density at radius 3 is 2.44 bits per heavy atom. The Morgan fingerprint density at radius 2 is 1.74 bits per heavy atom. The molecule has 1 aromatic rings. The van der Waals surface area contributed by atoms with E-state index >= 15 is 0 Å². The fourth-order valence-corrected chi connectivity index (χ4v) is 7.30. The molecule has 188 valence electrons. The molecule has 0 aliphatic heterocycles. The molecule has 2 amide bonds. The van der Waals surface area contributed by atoms with E-state index in [-0.39, 0.29) is 52.9 Å². The third-order valence-electron chi connectivity index (χ3n) is 9.56. The Kier molecular flexibility index (Phi) is 8.01. The van der Waals surface area contributed by atoms with Gasteiger partial charge in [-0.25, -0.2) is 0 Å². The molecule has 1 unspecified atom stereocenters. The Labute approximate surface area is 205 Å². The predicted octanol–water partition coefficient (Wildman–Crippen LogP) is 4.83. The van der Waals surface area contributed by atoms with E-state index in [1.54, 1.807) is 0 Å². The van der Waals surface area contributed by atoms with Crippen molar-refractivity contribution in [3.63, 3.8) is 0 Å². The first-order valence-corrected chi connectivity index (χ1v) is 13.6. The van der Waals surface area contributed by atoms with E-state index in [4.69, 9.17) is 0 Å². The van der Waals surface area contributed by atoms with Crippen molar-refractivity contribution in [3.05, 3.63) is 35.9 Å². The molecule has 0 saturated heterocycles.